The Morgan fingerprint density at radius 3 is 2.70 bits per heavy atom. The quantitative estimate of drug-likeness (QED) is 0.880. The number of hydrogen-bond acceptors (Lipinski definition) is 3. The van der Waals surface area contributed by atoms with Crippen LogP contribution in [-0.2, 0) is 13.6 Å². The van der Waals surface area contributed by atoms with Crippen LogP contribution in [0.25, 0.3) is 0 Å². The number of aliphatic hydroxyl groups excluding tert-OH is 1. The van der Waals surface area contributed by atoms with Crippen LogP contribution in [0.2, 0.25) is 0 Å². The van der Waals surface area contributed by atoms with E-state index >= 15 is 0 Å². The molecule has 2 N–H and O–H groups in total. The SMILES string of the molecule is C[C@@H](NCc1cnn(C)c1)[C@@H](O)c1ccc(F)c(F)c1. The van der Waals surface area contributed by atoms with Crippen LogP contribution < -0.4 is 5.32 Å². The van der Waals surface area contributed by atoms with Gasteiger partial charge in [0.25, 0.3) is 0 Å². The van der Waals surface area contributed by atoms with Gasteiger partial charge in [0.05, 0.1) is 12.3 Å². The molecular weight excluding hydrogens is 264 g/mol. The zero-order valence-electron chi connectivity index (χ0n) is 11.3. The minimum absolute atomic E-state index is 0.305. The van der Waals surface area contributed by atoms with E-state index in [0.717, 1.165) is 17.7 Å². The average Bonchev–Trinajstić information content (AvgIpc) is 2.84. The van der Waals surface area contributed by atoms with Gasteiger partial charge in [0.1, 0.15) is 0 Å². The van der Waals surface area contributed by atoms with Crippen molar-refractivity contribution in [3.05, 3.63) is 53.4 Å². The van der Waals surface area contributed by atoms with Crippen LogP contribution >= 0.6 is 0 Å². The van der Waals surface area contributed by atoms with Gasteiger partial charge in [0.2, 0.25) is 0 Å². The predicted octanol–water partition coefficient (Wildman–Crippen LogP) is 1.91. The highest BCUT2D eigenvalue weighted by molar-refractivity contribution is 5.21. The summed E-state index contributed by atoms with van der Waals surface area (Å²) in [5.74, 6) is -1.88. The first-order valence-electron chi connectivity index (χ1n) is 6.31. The van der Waals surface area contributed by atoms with Crippen molar-refractivity contribution in [3.63, 3.8) is 0 Å². The molecule has 0 unspecified atom stereocenters. The number of aryl methyl sites for hydroxylation is 1. The summed E-state index contributed by atoms with van der Waals surface area (Å²) in [4.78, 5) is 0. The van der Waals surface area contributed by atoms with E-state index in [4.69, 9.17) is 0 Å². The first-order chi connectivity index (χ1) is 9.47. The van der Waals surface area contributed by atoms with Crippen LogP contribution in [-0.4, -0.2) is 20.9 Å². The summed E-state index contributed by atoms with van der Waals surface area (Å²) < 4.78 is 27.7. The van der Waals surface area contributed by atoms with Gasteiger partial charge < -0.3 is 10.4 Å². The molecule has 108 valence electrons. The molecule has 6 heteroatoms. The van der Waals surface area contributed by atoms with Crippen LogP contribution in [0.4, 0.5) is 8.78 Å². The number of aromatic nitrogens is 2. The normalized spacial score (nSPS) is 14.2. The largest absolute Gasteiger partial charge is 0.387 e. The highest BCUT2D eigenvalue weighted by Gasteiger charge is 2.17. The third-order valence-corrected chi connectivity index (χ3v) is 3.15. The Hall–Kier alpha value is -1.79. The standard InChI is InChI=1S/C14H17F2N3O/c1-9(17-6-10-7-18-19(2)8-10)14(20)11-3-4-12(15)13(16)5-11/h3-5,7-9,14,17,20H,6H2,1-2H3/t9-,14-/m1/s1. The summed E-state index contributed by atoms with van der Waals surface area (Å²) in [6.45, 7) is 2.32. The molecule has 1 aromatic heterocycles. The summed E-state index contributed by atoms with van der Waals surface area (Å²) >= 11 is 0. The Labute approximate surface area is 116 Å². The van der Waals surface area contributed by atoms with Crippen LogP contribution in [0.15, 0.2) is 30.6 Å². The Balaban J connectivity index is 1.97. The molecule has 0 amide bonds. The highest BCUT2D eigenvalue weighted by Crippen LogP contribution is 2.19. The highest BCUT2D eigenvalue weighted by atomic mass is 19.2. The molecule has 0 spiro atoms. The second-order valence-corrected chi connectivity index (χ2v) is 4.81. The molecule has 2 rings (SSSR count). The van der Waals surface area contributed by atoms with Gasteiger partial charge in [-0.1, -0.05) is 6.07 Å². The Bertz CT molecular complexity index is 586. The van der Waals surface area contributed by atoms with Gasteiger partial charge in [-0.05, 0) is 24.6 Å². The summed E-state index contributed by atoms with van der Waals surface area (Å²) in [6.07, 6.45) is 2.68. The second kappa shape index (κ2) is 6.11. The van der Waals surface area contributed by atoms with E-state index in [0.29, 0.717) is 12.1 Å². The molecule has 1 heterocycles. The van der Waals surface area contributed by atoms with Gasteiger partial charge in [0.15, 0.2) is 11.6 Å². The topological polar surface area (TPSA) is 50.1 Å². The molecule has 2 atom stereocenters. The van der Waals surface area contributed by atoms with Gasteiger partial charge >= 0.3 is 0 Å². The molecule has 0 radical (unpaired) electrons. The smallest absolute Gasteiger partial charge is 0.159 e. The van der Waals surface area contributed by atoms with Crippen molar-refractivity contribution in [3.8, 4) is 0 Å². The van der Waals surface area contributed by atoms with E-state index < -0.39 is 17.7 Å². The Kier molecular flexibility index (Phi) is 4.46. The fourth-order valence-corrected chi connectivity index (χ4v) is 1.94. The lowest BCUT2D eigenvalue weighted by atomic mass is 10.0. The maximum Gasteiger partial charge on any atom is 0.159 e. The van der Waals surface area contributed by atoms with E-state index in [1.807, 2.05) is 13.2 Å². The molecule has 0 aliphatic heterocycles. The predicted molar refractivity (Wildman–Crippen MR) is 70.8 cm³/mol. The van der Waals surface area contributed by atoms with E-state index in [1.54, 1.807) is 17.8 Å². The molecule has 1 aromatic carbocycles. The van der Waals surface area contributed by atoms with E-state index in [-0.39, 0.29) is 6.04 Å². The van der Waals surface area contributed by atoms with Crippen LogP contribution in [0.1, 0.15) is 24.2 Å². The molecule has 2 aromatic rings. The Morgan fingerprint density at radius 2 is 2.10 bits per heavy atom. The Morgan fingerprint density at radius 1 is 1.35 bits per heavy atom. The van der Waals surface area contributed by atoms with Crippen molar-refractivity contribution < 1.29 is 13.9 Å². The lowest BCUT2D eigenvalue weighted by molar-refractivity contribution is 0.135. The lowest BCUT2D eigenvalue weighted by Gasteiger charge is -2.20. The zero-order chi connectivity index (χ0) is 14.7. The van der Waals surface area contributed by atoms with Crippen LogP contribution in [0, 0.1) is 11.6 Å². The number of aliphatic hydroxyl groups is 1. The molecule has 4 nitrogen and oxygen atoms in total. The summed E-state index contributed by atoms with van der Waals surface area (Å²) in [5, 5.41) is 17.3. The first kappa shape index (κ1) is 14.6. The molecule has 0 saturated heterocycles. The summed E-state index contributed by atoms with van der Waals surface area (Å²) in [6, 6.07) is 3.11. The van der Waals surface area contributed by atoms with Crippen molar-refractivity contribution in [2.24, 2.45) is 7.05 Å². The lowest BCUT2D eigenvalue weighted by Crippen LogP contribution is -2.31. The summed E-state index contributed by atoms with van der Waals surface area (Å²) in [5.41, 5.74) is 1.33. The van der Waals surface area contributed by atoms with Gasteiger partial charge in [-0.2, -0.15) is 5.10 Å². The molecule has 0 fully saturated rings. The van der Waals surface area contributed by atoms with Crippen LogP contribution in [0.3, 0.4) is 0 Å². The van der Waals surface area contributed by atoms with E-state index in [1.165, 1.54) is 6.07 Å². The molecule has 0 aliphatic carbocycles. The average molecular weight is 281 g/mol. The van der Waals surface area contributed by atoms with Crippen molar-refractivity contribution in [2.45, 2.75) is 25.6 Å². The van der Waals surface area contributed by atoms with Crippen molar-refractivity contribution >= 4 is 0 Å². The number of nitrogens with zero attached hydrogens (tertiary/aromatic N) is 2. The molecule has 0 bridgehead atoms. The molecule has 0 saturated carbocycles. The minimum Gasteiger partial charge on any atom is -0.387 e. The van der Waals surface area contributed by atoms with E-state index in [2.05, 4.69) is 10.4 Å². The number of nitrogens with one attached hydrogen (secondary N) is 1. The second-order valence-electron chi connectivity index (χ2n) is 4.81. The third kappa shape index (κ3) is 3.40. The molecule has 0 aliphatic rings. The van der Waals surface area contributed by atoms with Crippen molar-refractivity contribution in [1.29, 1.82) is 0 Å². The van der Waals surface area contributed by atoms with Gasteiger partial charge in [0, 0.05) is 31.4 Å². The van der Waals surface area contributed by atoms with Gasteiger partial charge in [-0.3, -0.25) is 4.68 Å². The van der Waals surface area contributed by atoms with Gasteiger partial charge in [-0.15, -0.1) is 0 Å². The van der Waals surface area contributed by atoms with Gasteiger partial charge in [-0.25, -0.2) is 8.78 Å². The monoisotopic (exact) mass is 281 g/mol. The van der Waals surface area contributed by atoms with Crippen molar-refractivity contribution in [2.75, 3.05) is 0 Å². The maximum atomic E-state index is 13.1. The summed E-state index contributed by atoms with van der Waals surface area (Å²) in [7, 11) is 1.82. The third-order valence-electron chi connectivity index (χ3n) is 3.15. The fraction of sp³-hybridized carbons (Fsp3) is 0.357. The molecular formula is C14H17F2N3O. The van der Waals surface area contributed by atoms with Crippen molar-refractivity contribution in [1.82, 2.24) is 15.1 Å². The zero-order valence-corrected chi connectivity index (χ0v) is 11.3. The molecule has 20 heavy (non-hydrogen) atoms. The fourth-order valence-electron chi connectivity index (χ4n) is 1.94. The minimum atomic E-state index is -0.957. The number of halogens is 2. The maximum absolute atomic E-state index is 13.1. The number of rotatable bonds is 5. The van der Waals surface area contributed by atoms with Crippen LogP contribution in [0.5, 0.6) is 0 Å². The van der Waals surface area contributed by atoms with E-state index in [9.17, 15) is 13.9 Å². The first-order valence-corrected chi connectivity index (χ1v) is 6.31. The number of hydrogen-bond donors (Lipinski definition) is 2. The number of benzene rings is 1.